The van der Waals surface area contributed by atoms with E-state index in [4.69, 9.17) is 33.3 Å². The molecule has 1 heterocycles. The predicted octanol–water partition coefficient (Wildman–Crippen LogP) is 4.76. The lowest BCUT2D eigenvalue weighted by atomic mass is 10.2. The van der Waals surface area contributed by atoms with Crippen molar-refractivity contribution in [2.24, 2.45) is 5.10 Å². The molecule has 6 nitrogen and oxygen atoms in total. The monoisotopic (exact) mass is 402 g/mol. The van der Waals surface area contributed by atoms with Gasteiger partial charge in [-0.25, -0.2) is 0 Å². The number of hydrogen-bond acceptors (Lipinski definition) is 5. The summed E-state index contributed by atoms with van der Waals surface area (Å²) in [6.07, 6.45) is 1.70. The van der Waals surface area contributed by atoms with Crippen LogP contribution in [0.2, 0.25) is 5.02 Å². The highest BCUT2D eigenvalue weighted by Crippen LogP contribution is 2.29. The molecule has 0 saturated carbocycles. The molecular formula is C19H19ClN4O2S. The van der Waals surface area contributed by atoms with Crippen molar-refractivity contribution in [3.05, 3.63) is 69.2 Å². The molecule has 0 saturated heterocycles. The van der Waals surface area contributed by atoms with Crippen LogP contribution in [0, 0.1) is 11.7 Å². The van der Waals surface area contributed by atoms with Crippen LogP contribution in [-0.4, -0.2) is 27.7 Å². The number of benzene rings is 2. The van der Waals surface area contributed by atoms with Crippen molar-refractivity contribution in [3.8, 4) is 11.5 Å². The Kier molecular flexibility index (Phi) is 6.26. The van der Waals surface area contributed by atoms with E-state index < -0.39 is 0 Å². The van der Waals surface area contributed by atoms with Crippen LogP contribution >= 0.6 is 23.8 Å². The van der Waals surface area contributed by atoms with Crippen molar-refractivity contribution in [2.75, 3.05) is 6.61 Å². The summed E-state index contributed by atoms with van der Waals surface area (Å²) < 4.78 is 13.6. The molecule has 0 unspecified atom stereocenters. The predicted molar refractivity (Wildman–Crippen MR) is 109 cm³/mol. The Balaban J connectivity index is 1.79. The molecule has 1 aromatic heterocycles. The average molecular weight is 403 g/mol. The molecule has 0 aliphatic carbocycles. The molecule has 0 aliphatic heterocycles. The van der Waals surface area contributed by atoms with Gasteiger partial charge in [0.25, 0.3) is 0 Å². The summed E-state index contributed by atoms with van der Waals surface area (Å²) in [5, 5.41) is 11.8. The van der Waals surface area contributed by atoms with Gasteiger partial charge in [-0.2, -0.15) is 14.9 Å². The third kappa shape index (κ3) is 4.96. The first-order valence-electron chi connectivity index (χ1n) is 8.39. The van der Waals surface area contributed by atoms with Gasteiger partial charge in [0.05, 0.1) is 12.8 Å². The zero-order valence-electron chi connectivity index (χ0n) is 15.0. The van der Waals surface area contributed by atoms with Crippen molar-refractivity contribution in [1.82, 2.24) is 14.9 Å². The number of nitrogens with one attached hydrogen (secondary N) is 1. The SMILES string of the molecule is CCOc1cc(/C=N\n2c(C)n[nH]c2=S)ccc1OCc1cccc(Cl)c1. The Labute approximate surface area is 167 Å². The maximum atomic E-state index is 6.02. The zero-order chi connectivity index (χ0) is 19.2. The summed E-state index contributed by atoms with van der Waals surface area (Å²) in [6, 6.07) is 13.2. The second-order valence-electron chi connectivity index (χ2n) is 5.69. The van der Waals surface area contributed by atoms with Crippen LogP contribution in [0.5, 0.6) is 11.5 Å². The fraction of sp³-hybridized carbons (Fsp3) is 0.211. The van der Waals surface area contributed by atoms with Gasteiger partial charge in [0.15, 0.2) is 11.5 Å². The lowest BCUT2D eigenvalue weighted by Crippen LogP contribution is -2.01. The first kappa shape index (κ1) is 19.1. The van der Waals surface area contributed by atoms with Crippen LogP contribution in [0.4, 0.5) is 0 Å². The van der Waals surface area contributed by atoms with Crippen molar-refractivity contribution in [2.45, 2.75) is 20.5 Å². The molecule has 0 fully saturated rings. The minimum absolute atomic E-state index is 0.400. The van der Waals surface area contributed by atoms with E-state index in [0.29, 0.717) is 40.3 Å². The zero-order valence-corrected chi connectivity index (χ0v) is 16.5. The minimum Gasteiger partial charge on any atom is -0.490 e. The second-order valence-corrected chi connectivity index (χ2v) is 6.51. The fourth-order valence-corrected chi connectivity index (χ4v) is 2.85. The molecule has 3 rings (SSSR count). The van der Waals surface area contributed by atoms with Crippen molar-refractivity contribution >= 4 is 30.0 Å². The number of hydrogen-bond donors (Lipinski definition) is 1. The molecule has 0 spiro atoms. The lowest BCUT2D eigenvalue weighted by Gasteiger charge is -2.12. The Morgan fingerprint density at radius 2 is 2.07 bits per heavy atom. The van der Waals surface area contributed by atoms with Gasteiger partial charge in [0.2, 0.25) is 4.77 Å². The maximum absolute atomic E-state index is 6.02. The summed E-state index contributed by atoms with van der Waals surface area (Å²) in [6.45, 7) is 4.68. The van der Waals surface area contributed by atoms with E-state index in [1.54, 1.807) is 10.9 Å². The summed E-state index contributed by atoms with van der Waals surface area (Å²) >= 11 is 11.2. The van der Waals surface area contributed by atoms with Gasteiger partial charge in [0, 0.05) is 5.02 Å². The summed E-state index contributed by atoms with van der Waals surface area (Å²) in [5.41, 5.74) is 1.84. The average Bonchev–Trinajstić information content (AvgIpc) is 2.97. The van der Waals surface area contributed by atoms with Crippen molar-refractivity contribution in [1.29, 1.82) is 0 Å². The van der Waals surface area contributed by atoms with E-state index in [1.807, 2.05) is 56.3 Å². The number of nitrogens with zero attached hydrogens (tertiary/aromatic N) is 3. The molecule has 0 atom stereocenters. The molecule has 2 aromatic carbocycles. The highest BCUT2D eigenvalue weighted by Gasteiger charge is 2.07. The highest BCUT2D eigenvalue weighted by atomic mass is 35.5. The molecule has 140 valence electrons. The van der Waals surface area contributed by atoms with Crippen LogP contribution in [0.1, 0.15) is 23.9 Å². The molecule has 1 N–H and O–H groups in total. The van der Waals surface area contributed by atoms with Crippen molar-refractivity contribution < 1.29 is 9.47 Å². The Morgan fingerprint density at radius 3 is 2.78 bits per heavy atom. The van der Waals surface area contributed by atoms with Gasteiger partial charge in [-0.15, -0.1) is 0 Å². The Morgan fingerprint density at radius 1 is 1.22 bits per heavy atom. The van der Waals surface area contributed by atoms with Crippen LogP contribution in [0.25, 0.3) is 0 Å². The largest absolute Gasteiger partial charge is 0.490 e. The summed E-state index contributed by atoms with van der Waals surface area (Å²) in [5.74, 6) is 1.99. The fourth-order valence-electron chi connectivity index (χ4n) is 2.41. The number of aromatic nitrogens is 3. The van der Waals surface area contributed by atoms with Gasteiger partial charge >= 0.3 is 0 Å². The number of aryl methyl sites for hydroxylation is 1. The molecule has 0 aliphatic rings. The van der Waals surface area contributed by atoms with Crippen LogP contribution in [0.15, 0.2) is 47.6 Å². The summed E-state index contributed by atoms with van der Waals surface area (Å²) in [7, 11) is 0. The third-order valence-corrected chi connectivity index (χ3v) is 4.18. The lowest BCUT2D eigenvalue weighted by molar-refractivity contribution is 0.269. The van der Waals surface area contributed by atoms with Gasteiger partial charge in [-0.1, -0.05) is 23.7 Å². The quantitative estimate of drug-likeness (QED) is 0.457. The van der Waals surface area contributed by atoms with Gasteiger partial charge in [0.1, 0.15) is 12.4 Å². The van der Waals surface area contributed by atoms with E-state index in [2.05, 4.69) is 15.3 Å². The van der Waals surface area contributed by atoms with E-state index in [-0.39, 0.29) is 0 Å². The minimum atomic E-state index is 0.400. The molecule has 27 heavy (non-hydrogen) atoms. The molecule has 3 aromatic rings. The van der Waals surface area contributed by atoms with E-state index in [9.17, 15) is 0 Å². The Bertz CT molecular complexity index is 1010. The number of aromatic amines is 1. The maximum Gasteiger partial charge on any atom is 0.216 e. The molecular weight excluding hydrogens is 384 g/mol. The molecule has 0 amide bonds. The first-order chi connectivity index (χ1) is 13.1. The Hall–Kier alpha value is -2.64. The molecule has 0 radical (unpaired) electrons. The van der Waals surface area contributed by atoms with Crippen LogP contribution in [-0.2, 0) is 6.61 Å². The molecule has 8 heteroatoms. The number of H-pyrrole nitrogens is 1. The normalized spacial score (nSPS) is 11.1. The number of ether oxygens (including phenoxy) is 2. The summed E-state index contributed by atoms with van der Waals surface area (Å²) in [4.78, 5) is 0. The number of rotatable bonds is 7. The topological polar surface area (TPSA) is 64.4 Å². The van der Waals surface area contributed by atoms with E-state index in [0.717, 1.165) is 11.1 Å². The van der Waals surface area contributed by atoms with Gasteiger partial charge in [-0.05, 0) is 67.5 Å². The molecule has 0 bridgehead atoms. The van der Waals surface area contributed by atoms with Crippen LogP contribution in [0.3, 0.4) is 0 Å². The van der Waals surface area contributed by atoms with E-state index in [1.165, 1.54) is 0 Å². The standard InChI is InChI=1S/C19H19ClN4O2S/c1-3-25-18-10-14(11-21-24-13(2)22-23-19(24)27)7-8-17(18)26-12-15-5-4-6-16(20)9-15/h4-11H,3,12H2,1-2H3,(H,23,27)/b21-11-. The first-order valence-corrected chi connectivity index (χ1v) is 9.18. The third-order valence-electron chi connectivity index (χ3n) is 3.69. The second kappa shape index (κ2) is 8.83. The van der Waals surface area contributed by atoms with Gasteiger partial charge in [-0.3, -0.25) is 5.10 Å². The van der Waals surface area contributed by atoms with Crippen LogP contribution < -0.4 is 9.47 Å². The van der Waals surface area contributed by atoms with Crippen molar-refractivity contribution in [3.63, 3.8) is 0 Å². The highest BCUT2D eigenvalue weighted by molar-refractivity contribution is 7.71. The number of halogens is 1. The van der Waals surface area contributed by atoms with Gasteiger partial charge < -0.3 is 9.47 Å². The van der Waals surface area contributed by atoms with E-state index >= 15 is 0 Å². The smallest absolute Gasteiger partial charge is 0.216 e.